The summed E-state index contributed by atoms with van der Waals surface area (Å²) in [6.45, 7) is 5.32. The van der Waals surface area contributed by atoms with Gasteiger partial charge in [-0.2, -0.15) is 13.2 Å². The Morgan fingerprint density at radius 2 is 1.70 bits per heavy atom. The summed E-state index contributed by atoms with van der Waals surface area (Å²) in [6.07, 6.45) is -1.27. The van der Waals surface area contributed by atoms with Gasteiger partial charge in [0, 0.05) is 31.0 Å². The predicted molar refractivity (Wildman–Crippen MR) is 156 cm³/mol. The number of sulfonamides is 1. The van der Waals surface area contributed by atoms with Crippen LogP contribution < -0.4 is 10.6 Å². The molecular formula is C30H41F3N4O5S. The lowest BCUT2D eigenvalue weighted by Gasteiger charge is -2.34. The molecule has 1 aliphatic carbocycles. The number of piperidine rings is 1. The number of hydrogen-bond acceptors (Lipinski definition) is 6. The molecule has 2 fully saturated rings. The van der Waals surface area contributed by atoms with Crippen molar-refractivity contribution in [1.82, 2.24) is 14.9 Å². The summed E-state index contributed by atoms with van der Waals surface area (Å²) < 4.78 is 65.7. The maximum atomic E-state index is 13.3. The molecule has 1 saturated heterocycles. The van der Waals surface area contributed by atoms with Gasteiger partial charge in [-0.05, 0) is 107 Å². The Balaban J connectivity index is 1.31. The maximum Gasteiger partial charge on any atom is 0.389 e. The van der Waals surface area contributed by atoms with Crippen LogP contribution in [0.2, 0.25) is 0 Å². The number of Topliss-reactive ketones (excluding diaryl/α,β-unsaturated/α-hetero) is 1. The molecule has 9 nitrogen and oxygen atoms in total. The molecule has 2 N–H and O–H groups in total. The number of amides is 2. The molecule has 0 unspecified atom stereocenters. The second-order valence-corrected chi connectivity index (χ2v) is 14.4. The molecule has 13 heteroatoms. The van der Waals surface area contributed by atoms with Gasteiger partial charge < -0.3 is 10.6 Å². The molecule has 4 rings (SSSR count). The Bertz CT molecular complexity index is 1350. The van der Waals surface area contributed by atoms with Crippen molar-refractivity contribution in [1.29, 1.82) is 0 Å². The third-order valence-electron chi connectivity index (χ3n) is 9.08. The molecule has 0 radical (unpaired) electrons. The van der Waals surface area contributed by atoms with Crippen LogP contribution in [0.4, 0.5) is 13.2 Å². The average Bonchev–Trinajstić information content (AvgIpc) is 3.25. The minimum Gasteiger partial charge on any atom is -0.345 e. The lowest BCUT2D eigenvalue weighted by molar-refractivity contribution is -0.138. The van der Waals surface area contributed by atoms with Crippen LogP contribution in [0.3, 0.4) is 0 Å². The van der Waals surface area contributed by atoms with Crippen LogP contribution in [0.5, 0.6) is 0 Å². The first-order chi connectivity index (χ1) is 20.1. The molecule has 0 bridgehead atoms. The van der Waals surface area contributed by atoms with Crippen LogP contribution in [-0.2, 0) is 26.0 Å². The monoisotopic (exact) mass is 626 g/mol. The van der Waals surface area contributed by atoms with E-state index in [0.29, 0.717) is 37.1 Å². The third kappa shape index (κ3) is 8.23. The van der Waals surface area contributed by atoms with Gasteiger partial charge in [0.25, 0.3) is 11.8 Å². The molecule has 2 amide bonds. The van der Waals surface area contributed by atoms with E-state index in [2.05, 4.69) is 10.6 Å². The van der Waals surface area contributed by atoms with E-state index in [1.165, 1.54) is 11.2 Å². The van der Waals surface area contributed by atoms with Crippen molar-refractivity contribution < 1.29 is 36.0 Å². The summed E-state index contributed by atoms with van der Waals surface area (Å²) in [6, 6.07) is 3.39. The van der Waals surface area contributed by atoms with Crippen molar-refractivity contribution in [2.24, 2.45) is 16.8 Å². The van der Waals surface area contributed by atoms with Crippen molar-refractivity contribution in [2.45, 2.75) is 90.3 Å². The van der Waals surface area contributed by atoms with Crippen molar-refractivity contribution in [2.75, 3.05) is 25.4 Å². The molecule has 0 atom stereocenters. The van der Waals surface area contributed by atoms with Crippen LogP contribution in [0.1, 0.15) is 85.3 Å². The Labute approximate surface area is 251 Å². The summed E-state index contributed by atoms with van der Waals surface area (Å²) in [4.78, 5) is 41.3. The second kappa shape index (κ2) is 13.1. The Hall–Kier alpha value is -2.80. The number of amidine groups is 1. The second-order valence-electron chi connectivity index (χ2n) is 12.3. The molecule has 3 aliphatic rings. The first kappa shape index (κ1) is 33.1. The van der Waals surface area contributed by atoms with E-state index in [1.807, 2.05) is 13.8 Å². The number of rotatable bonds is 10. The lowest BCUT2D eigenvalue weighted by Crippen LogP contribution is -2.51. The molecule has 238 valence electrons. The maximum absolute atomic E-state index is 13.3. The van der Waals surface area contributed by atoms with Crippen LogP contribution in [0, 0.1) is 25.7 Å². The first-order valence-corrected chi connectivity index (χ1v) is 16.5. The zero-order valence-electron chi connectivity index (χ0n) is 25.0. The zero-order chi connectivity index (χ0) is 31.6. The Kier molecular flexibility index (Phi) is 10.0. The van der Waals surface area contributed by atoms with Gasteiger partial charge in [0.2, 0.25) is 10.0 Å². The number of carbonyl (C=O) groups excluding carboxylic acids is 3. The molecule has 2 aliphatic heterocycles. The third-order valence-corrected chi connectivity index (χ3v) is 10.9. The minimum absolute atomic E-state index is 0.00491. The molecule has 1 aromatic carbocycles. The zero-order valence-corrected chi connectivity index (χ0v) is 25.8. The predicted octanol–water partition coefficient (Wildman–Crippen LogP) is 4.01. The van der Waals surface area contributed by atoms with Gasteiger partial charge >= 0.3 is 6.18 Å². The number of halogens is 3. The summed E-state index contributed by atoms with van der Waals surface area (Å²) in [5.74, 6) is -0.228. The van der Waals surface area contributed by atoms with Gasteiger partial charge in [-0.3, -0.25) is 19.4 Å². The lowest BCUT2D eigenvalue weighted by atomic mass is 9.79. The van der Waals surface area contributed by atoms with Crippen LogP contribution in [0.25, 0.3) is 0 Å². The van der Waals surface area contributed by atoms with E-state index >= 15 is 0 Å². The summed E-state index contributed by atoms with van der Waals surface area (Å²) >= 11 is 0. The number of aliphatic imine (C=N–C) groups is 1. The van der Waals surface area contributed by atoms with Crippen molar-refractivity contribution in [3.05, 3.63) is 34.4 Å². The van der Waals surface area contributed by atoms with E-state index in [0.717, 1.165) is 16.7 Å². The van der Waals surface area contributed by atoms with E-state index < -0.39 is 28.2 Å². The number of carbonyl (C=O) groups is 3. The fraction of sp³-hybridized carbons (Fsp3) is 0.667. The van der Waals surface area contributed by atoms with E-state index in [9.17, 15) is 36.0 Å². The molecule has 2 heterocycles. The van der Waals surface area contributed by atoms with Gasteiger partial charge in [-0.25, -0.2) is 12.7 Å². The molecule has 1 saturated carbocycles. The smallest absolute Gasteiger partial charge is 0.345 e. The number of hydrogen-bond donors (Lipinski definition) is 2. The van der Waals surface area contributed by atoms with E-state index in [4.69, 9.17) is 4.99 Å². The van der Waals surface area contributed by atoms with E-state index in [-0.39, 0.29) is 80.5 Å². The number of aryl methyl sites for hydroxylation is 2. The molecular weight excluding hydrogens is 585 g/mol. The molecule has 43 heavy (non-hydrogen) atoms. The SMILES string of the molecule is CC(=O)CNC(=O)c1cc(C)c(CCS(=O)(=O)N2CCC3(CC2)N=C(C2CCC(CCC(F)(F)F)CC2)NC3=O)c(C)c1. The van der Waals surface area contributed by atoms with Crippen molar-refractivity contribution in [3.8, 4) is 0 Å². The molecule has 1 aromatic rings. The first-order valence-electron chi connectivity index (χ1n) is 14.9. The van der Waals surface area contributed by atoms with Gasteiger partial charge in [0.1, 0.15) is 17.2 Å². The van der Waals surface area contributed by atoms with Gasteiger partial charge in [-0.1, -0.05) is 0 Å². The number of ketones is 1. The topological polar surface area (TPSA) is 125 Å². The minimum atomic E-state index is -4.14. The average molecular weight is 627 g/mol. The number of nitrogens with zero attached hydrogens (tertiary/aromatic N) is 2. The van der Waals surface area contributed by atoms with Gasteiger partial charge in [0.15, 0.2) is 0 Å². The van der Waals surface area contributed by atoms with E-state index in [1.54, 1.807) is 12.1 Å². The Morgan fingerprint density at radius 3 is 2.26 bits per heavy atom. The summed E-state index contributed by atoms with van der Waals surface area (Å²) in [7, 11) is -3.62. The summed E-state index contributed by atoms with van der Waals surface area (Å²) in [5, 5.41) is 5.48. The van der Waals surface area contributed by atoms with Crippen molar-refractivity contribution in [3.63, 3.8) is 0 Å². The summed E-state index contributed by atoms with van der Waals surface area (Å²) in [5.41, 5.74) is 1.84. The van der Waals surface area contributed by atoms with Crippen LogP contribution in [0.15, 0.2) is 17.1 Å². The van der Waals surface area contributed by atoms with Crippen LogP contribution >= 0.6 is 0 Å². The number of nitrogens with one attached hydrogen (secondary N) is 2. The Morgan fingerprint density at radius 1 is 1.09 bits per heavy atom. The standard InChI is InChI=1S/C30H41F3N4O5S/c1-19-16-24(27(39)34-18-21(3)38)17-20(2)25(19)9-15-43(41,42)37-13-11-29(12-14-37)28(40)35-26(36-29)23-6-4-22(5-7-23)8-10-30(31,32)33/h16-17,22-23H,4-15,18H2,1-3H3,(H,34,39)(H,35,36,40). The highest BCUT2D eigenvalue weighted by Gasteiger charge is 2.48. The van der Waals surface area contributed by atoms with Crippen molar-refractivity contribution >= 4 is 33.5 Å². The molecule has 0 aromatic heterocycles. The van der Waals surface area contributed by atoms with Gasteiger partial charge in [-0.15, -0.1) is 0 Å². The normalized spacial score (nSPS) is 22.7. The highest BCUT2D eigenvalue weighted by atomic mass is 32.2. The fourth-order valence-corrected chi connectivity index (χ4v) is 7.95. The van der Waals surface area contributed by atoms with Gasteiger partial charge in [0.05, 0.1) is 12.3 Å². The molecule has 1 spiro atoms. The van der Waals surface area contributed by atoms with Crippen LogP contribution in [-0.4, -0.2) is 73.3 Å². The highest BCUT2D eigenvalue weighted by Crippen LogP contribution is 2.38. The quantitative estimate of drug-likeness (QED) is 0.406. The largest absolute Gasteiger partial charge is 0.389 e. The highest BCUT2D eigenvalue weighted by molar-refractivity contribution is 7.89. The number of benzene rings is 1. The fourth-order valence-electron chi connectivity index (χ4n) is 6.49. The number of alkyl halides is 3.